The zero-order valence-electron chi connectivity index (χ0n) is 5.57. The first-order chi connectivity index (χ1) is 5.24. The highest BCUT2D eigenvalue weighted by Crippen LogP contribution is 2.11. The molecule has 0 aliphatic heterocycles. The number of nitrogens with zero attached hydrogens (tertiary/aromatic N) is 1. The Kier molecular flexibility index (Phi) is 1.88. The van der Waals surface area contributed by atoms with Crippen LogP contribution in [0.3, 0.4) is 0 Å². The second kappa shape index (κ2) is 2.84. The summed E-state index contributed by atoms with van der Waals surface area (Å²) in [5.74, 6) is 2.07. The second-order valence-electron chi connectivity index (χ2n) is 1.93. The van der Waals surface area contributed by atoms with E-state index < -0.39 is 4.92 Å². The molecule has 0 amide bonds. The molecule has 53 valence electrons. The van der Waals surface area contributed by atoms with Gasteiger partial charge in [-0.2, -0.15) is 0 Å². The zero-order valence-corrected chi connectivity index (χ0v) is 5.57. The number of nitro benzene ring substituents is 1. The maximum Gasteiger partial charge on any atom is 0.270 e. The molecule has 1 aromatic carbocycles. The zero-order chi connectivity index (χ0) is 8.27. The standard InChI is InChI=1S/C8H4NO2/c1-2-7-4-3-5-8(6-7)9(10)11/h3-6H. The minimum atomic E-state index is -0.499. The van der Waals surface area contributed by atoms with E-state index in [-0.39, 0.29) is 5.69 Å². The van der Waals surface area contributed by atoms with Crippen molar-refractivity contribution in [1.82, 2.24) is 0 Å². The van der Waals surface area contributed by atoms with Gasteiger partial charge in [0, 0.05) is 17.7 Å². The quantitative estimate of drug-likeness (QED) is 0.342. The van der Waals surface area contributed by atoms with Gasteiger partial charge in [0.1, 0.15) is 0 Å². The van der Waals surface area contributed by atoms with Crippen molar-refractivity contribution >= 4 is 5.69 Å². The van der Waals surface area contributed by atoms with Crippen LogP contribution in [0.1, 0.15) is 5.56 Å². The lowest BCUT2D eigenvalue weighted by Gasteiger charge is -1.90. The predicted molar refractivity (Wildman–Crippen MR) is 39.3 cm³/mol. The molecule has 0 aromatic heterocycles. The summed E-state index contributed by atoms with van der Waals surface area (Å²) in [6, 6.07) is 5.78. The van der Waals surface area contributed by atoms with Crippen molar-refractivity contribution in [1.29, 1.82) is 0 Å². The van der Waals surface area contributed by atoms with Gasteiger partial charge in [0.05, 0.1) is 4.92 Å². The average Bonchev–Trinajstić information content (AvgIpc) is 2.05. The van der Waals surface area contributed by atoms with Crippen LogP contribution in [0.25, 0.3) is 0 Å². The van der Waals surface area contributed by atoms with Crippen molar-refractivity contribution in [3.8, 4) is 5.92 Å². The lowest BCUT2D eigenvalue weighted by molar-refractivity contribution is -0.384. The van der Waals surface area contributed by atoms with E-state index in [9.17, 15) is 10.1 Å². The van der Waals surface area contributed by atoms with Crippen LogP contribution < -0.4 is 0 Å². The van der Waals surface area contributed by atoms with E-state index in [1.165, 1.54) is 18.2 Å². The predicted octanol–water partition coefficient (Wildman–Crippen LogP) is 1.53. The van der Waals surface area contributed by atoms with E-state index >= 15 is 0 Å². The molecule has 1 aromatic rings. The fourth-order valence-electron chi connectivity index (χ4n) is 0.697. The first-order valence-corrected chi connectivity index (χ1v) is 2.91. The van der Waals surface area contributed by atoms with E-state index in [4.69, 9.17) is 6.42 Å². The third-order valence-corrected chi connectivity index (χ3v) is 1.20. The molecule has 3 nitrogen and oxygen atoms in total. The molecule has 1 radical (unpaired) electrons. The molecular weight excluding hydrogens is 142 g/mol. The van der Waals surface area contributed by atoms with Gasteiger partial charge in [0.2, 0.25) is 0 Å². The highest BCUT2D eigenvalue weighted by atomic mass is 16.6. The molecule has 0 bridgehead atoms. The summed E-state index contributed by atoms with van der Waals surface area (Å²) >= 11 is 0. The smallest absolute Gasteiger partial charge is 0.258 e. The van der Waals surface area contributed by atoms with Gasteiger partial charge in [-0.05, 0) is 12.5 Å². The molecule has 0 saturated carbocycles. The SMILES string of the molecule is [C]#Cc1cccc([N+](=O)[O-])c1. The summed E-state index contributed by atoms with van der Waals surface area (Å²) in [6.07, 6.45) is 6.71. The van der Waals surface area contributed by atoms with Crippen LogP contribution in [0.2, 0.25) is 0 Å². The molecule has 0 unspecified atom stereocenters. The molecule has 3 heteroatoms. The highest BCUT2D eigenvalue weighted by molar-refractivity contribution is 5.40. The van der Waals surface area contributed by atoms with E-state index in [2.05, 4.69) is 5.92 Å². The minimum absolute atomic E-state index is 0.0118. The van der Waals surface area contributed by atoms with E-state index in [1.54, 1.807) is 6.07 Å². The lowest BCUT2D eigenvalue weighted by Crippen LogP contribution is -1.87. The first kappa shape index (κ1) is 7.29. The Morgan fingerprint density at radius 1 is 1.55 bits per heavy atom. The van der Waals surface area contributed by atoms with Crippen molar-refractivity contribution in [2.45, 2.75) is 0 Å². The van der Waals surface area contributed by atoms with Crippen LogP contribution in [0.4, 0.5) is 5.69 Å². The number of rotatable bonds is 1. The minimum Gasteiger partial charge on any atom is -0.258 e. The van der Waals surface area contributed by atoms with Gasteiger partial charge in [0.15, 0.2) is 0 Å². The normalized spacial score (nSPS) is 8.64. The molecule has 1 rings (SSSR count). The number of hydrogen-bond donors (Lipinski definition) is 0. The molecule has 0 atom stereocenters. The van der Waals surface area contributed by atoms with Crippen LogP contribution in [-0.4, -0.2) is 4.92 Å². The van der Waals surface area contributed by atoms with Crippen molar-refractivity contribution in [3.05, 3.63) is 46.4 Å². The Balaban J connectivity index is 3.13. The average molecular weight is 146 g/mol. The van der Waals surface area contributed by atoms with E-state index in [1.807, 2.05) is 0 Å². The Bertz CT molecular complexity index is 325. The molecule has 0 aliphatic carbocycles. The maximum atomic E-state index is 10.2. The number of non-ortho nitro benzene ring substituents is 1. The van der Waals surface area contributed by atoms with Crippen molar-refractivity contribution < 1.29 is 4.92 Å². The summed E-state index contributed by atoms with van der Waals surface area (Å²) in [4.78, 5) is 9.69. The number of benzene rings is 1. The Morgan fingerprint density at radius 2 is 2.27 bits per heavy atom. The molecule has 0 aliphatic rings. The highest BCUT2D eigenvalue weighted by Gasteiger charge is 2.02. The summed E-state index contributed by atoms with van der Waals surface area (Å²) in [5.41, 5.74) is 0.404. The van der Waals surface area contributed by atoms with Gasteiger partial charge in [0.25, 0.3) is 5.69 Å². The summed E-state index contributed by atoms with van der Waals surface area (Å²) < 4.78 is 0. The van der Waals surface area contributed by atoms with Crippen LogP contribution in [-0.2, 0) is 0 Å². The second-order valence-corrected chi connectivity index (χ2v) is 1.93. The molecular formula is C8H4NO2. The van der Waals surface area contributed by atoms with Crippen LogP contribution in [0.15, 0.2) is 24.3 Å². The Morgan fingerprint density at radius 3 is 2.82 bits per heavy atom. The van der Waals surface area contributed by atoms with Crippen LogP contribution in [0, 0.1) is 22.5 Å². The van der Waals surface area contributed by atoms with Gasteiger partial charge >= 0.3 is 0 Å². The molecule has 11 heavy (non-hydrogen) atoms. The molecule has 0 N–H and O–H groups in total. The van der Waals surface area contributed by atoms with Gasteiger partial charge in [-0.3, -0.25) is 10.1 Å². The van der Waals surface area contributed by atoms with Gasteiger partial charge in [-0.25, -0.2) is 0 Å². The summed E-state index contributed by atoms with van der Waals surface area (Å²) in [7, 11) is 0. The fraction of sp³-hybridized carbons (Fsp3) is 0. The largest absolute Gasteiger partial charge is 0.270 e. The van der Waals surface area contributed by atoms with Gasteiger partial charge < -0.3 is 0 Å². The fourth-order valence-corrected chi connectivity index (χ4v) is 0.697. The van der Waals surface area contributed by atoms with Gasteiger partial charge in [-0.15, -0.1) is 0 Å². The van der Waals surface area contributed by atoms with Gasteiger partial charge in [-0.1, -0.05) is 12.0 Å². The summed E-state index contributed by atoms with van der Waals surface area (Å²) in [6.45, 7) is 0. The van der Waals surface area contributed by atoms with Crippen molar-refractivity contribution in [3.63, 3.8) is 0 Å². The number of nitro groups is 1. The van der Waals surface area contributed by atoms with Crippen LogP contribution in [0.5, 0.6) is 0 Å². The first-order valence-electron chi connectivity index (χ1n) is 2.91. The molecule has 0 spiro atoms. The van der Waals surface area contributed by atoms with E-state index in [0.29, 0.717) is 5.56 Å². The van der Waals surface area contributed by atoms with E-state index in [0.717, 1.165) is 0 Å². The monoisotopic (exact) mass is 146 g/mol. The molecule has 0 saturated heterocycles. The molecule has 0 fully saturated rings. The Hall–Kier alpha value is -1.82. The number of hydrogen-bond acceptors (Lipinski definition) is 2. The topological polar surface area (TPSA) is 43.1 Å². The third-order valence-electron chi connectivity index (χ3n) is 1.20. The molecule has 0 heterocycles. The third kappa shape index (κ3) is 1.55. The maximum absolute atomic E-state index is 10.2. The van der Waals surface area contributed by atoms with Crippen molar-refractivity contribution in [2.75, 3.05) is 0 Å². The van der Waals surface area contributed by atoms with Crippen LogP contribution >= 0.6 is 0 Å². The Labute approximate surface area is 63.8 Å². The lowest BCUT2D eigenvalue weighted by atomic mass is 10.2. The summed E-state index contributed by atoms with van der Waals surface area (Å²) in [5, 5.41) is 10.2. The van der Waals surface area contributed by atoms with Crippen molar-refractivity contribution in [2.24, 2.45) is 0 Å².